The molecule has 1 fully saturated rings. The van der Waals surface area contributed by atoms with Gasteiger partial charge in [-0.25, -0.2) is 8.42 Å². The molecule has 0 bridgehead atoms. The van der Waals surface area contributed by atoms with E-state index in [1.807, 2.05) is 42.5 Å². The zero-order valence-corrected chi connectivity index (χ0v) is 23.4. The van der Waals surface area contributed by atoms with E-state index < -0.39 is 15.3 Å². The lowest BCUT2D eigenvalue weighted by Crippen LogP contribution is -2.43. The van der Waals surface area contributed by atoms with Crippen LogP contribution in [-0.4, -0.2) is 62.6 Å². The molecule has 0 saturated carbocycles. The van der Waals surface area contributed by atoms with E-state index in [0.717, 1.165) is 44.0 Å². The molecule has 0 spiro atoms. The second-order valence-corrected chi connectivity index (χ2v) is 12.7. The van der Waals surface area contributed by atoms with E-state index in [0.29, 0.717) is 28.2 Å². The third kappa shape index (κ3) is 6.16. The molecular weight excluding hydrogens is 510 g/mol. The van der Waals surface area contributed by atoms with Gasteiger partial charge in [0, 0.05) is 55.3 Å². The maximum absolute atomic E-state index is 13.3. The van der Waals surface area contributed by atoms with Gasteiger partial charge in [-0.05, 0) is 62.4 Å². The molecule has 1 saturated heterocycles. The number of piperazine rings is 1. The van der Waals surface area contributed by atoms with Crippen LogP contribution in [0.15, 0.2) is 72.8 Å². The Kier molecular flexibility index (Phi) is 7.74. The van der Waals surface area contributed by atoms with Crippen LogP contribution in [0.2, 0.25) is 0 Å². The SMILES string of the molecule is CC(C)S(=O)(=O)Nc1ccc2c(c1)C(=C(Nc1ccc(CN3CCN(C)CC3)cc1)c1ccccc1)C(=O)N2. The number of sulfonamides is 1. The predicted octanol–water partition coefficient (Wildman–Crippen LogP) is 4.52. The number of hydrogen-bond acceptors (Lipinski definition) is 6. The van der Waals surface area contributed by atoms with Gasteiger partial charge in [0.25, 0.3) is 5.91 Å². The lowest BCUT2D eigenvalue weighted by atomic mass is 9.99. The quantitative estimate of drug-likeness (QED) is 0.361. The topological polar surface area (TPSA) is 93.8 Å². The number of rotatable bonds is 8. The van der Waals surface area contributed by atoms with Gasteiger partial charge in [-0.2, -0.15) is 0 Å². The summed E-state index contributed by atoms with van der Waals surface area (Å²) in [5.41, 5.74) is 5.77. The Labute approximate surface area is 230 Å². The first-order valence-corrected chi connectivity index (χ1v) is 14.8. The van der Waals surface area contributed by atoms with Gasteiger partial charge in [-0.1, -0.05) is 42.5 Å². The average Bonchev–Trinajstić information content (AvgIpc) is 3.24. The minimum atomic E-state index is -3.53. The lowest BCUT2D eigenvalue weighted by molar-refractivity contribution is -0.110. The molecule has 39 heavy (non-hydrogen) atoms. The summed E-state index contributed by atoms with van der Waals surface area (Å²) in [5, 5.41) is 5.84. The van der Waals surface area contributed by atoms with Crippen molar-refractivity contribution in [3.8, 4) is 0 Å². The lowest BCUT2D eigenvalue weighted by Gasteiger charge is -2.32. The van der Waals surface area contributed by atoms with Crippen LogP contribution in [-0.2, 0) is 21.4 Å². The monoisotopic (exact) mass is 545 g/mol. The molecule has 2 aliphatic rings. The number of carbonyl (C=O) groups is 1. The highest BCUT2D eigenvalue weighted by atomic mass is 32.2. The molecule has 8 nitrogen and oxygen atoms in total. The van der Waals surface area contributed by atoms with Crippen LogP contribution in [0.3, 0.4) is 0 Å². The highest BCUT2D eigenvalue weighted by molar-refractivity contribution is 7.93. The first-order valence-electron chi connectivity index (χ1n) is 13.2. The van der Waals surface area contributed by atoms with Gasteiger partial charge in [0.1, 0.15) is 0 Å². The van der Waals surface area contributed by atoms with Crippen molar-refractivity contribution in [1.29, 1.82) is 0 Å². The van der Waals surface area contributed by atoms with E-state index in [2.05, 4.69) is 44.3 Å². The number of anilines is 3. The van der Waals surface area contributed by atoms with Crippen molar-refractivity contribution in [2.45, 2.75) is 25.6 Å². The molecule has 0 aliphatic carbocycles. The number of benzene rings is 3. The Morgan fingerprint density at radius 2 is 1.59 bits per heavy atom. The molecule has 3 aromatic carbocycles. The van der Waals surface area contributed by atoms with Crippen LogP contribution < -0.4 is 15.4 Å². The van der Waals surface area contributed by atoms with Crippen molar-refractivity contribution in [2.75, 3.05) is 48.6 Å². The van der Waals surface area contributed by atoms with Gasteiger partial charge < -0.3 is 15.5 Å². The summed E-state index contributed by atoms with van der Waals surface area (Å²) in [7, 11) is -1.37. The molecule has 0 radical (unpaired) electrons. The van der Waals surface area contributed by atoms with Gasteiger partial charge in [0.15, 0.2) is 0 Å². The molecule has 0 unspecified atom stereocenters. The summed E-state index contributed by atoms with van der Waals surface area (Å²) in [4.78, 5) is 18.1. The number of nitrogens with zero attached hydrogens (tertiary/aromatic N) is 2. The number of carbonyl (C=O) groups excluding carboxylic acids is 1. The Hall–Kier alpha value is -3.66. The number of hydrogen-bond donors (Lipinski definition) is 3. The number of nitrogens with one attached hydrogen (secondary N) is 3. The highest BCUT2D eigenvalue weighted by Gasteiger charge is 2.29. The fraction of sp³-hybridized carbons (Fsp3) is 0.300. The Balaban J connectivity index is 1.47. The van der Waals surface area contributed by atoms with E-state index >= 15 is 0 Å². The summed E-state index contributed by atoms with van der Waals surface area (Å²) in [5.74, 6) is -0.244. The van der Waals surface area contributed by atoms with Crippen LogP contribution >= 0.6 is 0 Å². The Morgan fingerprint density at radius 1 is 0.923 bits per heavy atom. The van der Waals surface area contributed by atoms with Crippen molar-refractivity contribution >= 4 is 44.3 Å². The van der Waals surface area contributed by atoms with E-state index in [4.69, 9.17) is 0 Å². The molecule has 0 aromatic heterocycles. The molecule has 3 aromatic rings. The molecule has 9 heteroatoms. The highest BCUT2D eigenvalue weighted by Crippen LogP contribution is 2.39. The zero-order chi connectivity index (χ0) is 27.6. The van der Waals surface area contributed by atoms with Crippen LogP contribution in [0.4, 0.5) is 17.1 Å². The molecule has 5 rings (SSSR count). The van der Waals surface area contributed by atoms with E-state index in [1.165, 1.54) is 5.56 Å². The van der Waals surface area contributed by atoms with Crippen molar-refractivity contribution in [3.63, 3.8) is 0 Å². The number of fused-ring (bicyclic) bond motifs is 1. The van der Waals surface area contributed by atoms with Crippen LogP contribution in [0.5, 0.6) is 0 Å². The zero-order valence-electron chi connectivity index (χ0n) is 22.6. The number of likely N-dealkylation sites (N-methyl/N-ethyl adjacent to an activating group) is 1. The smallest absolute Gasteiger partial charge is 0.258 e. The minimum absolute atomic E-state index is 0.244. The number of amides is 1. The molecule has 0 atom stereocenters. The van der Waals surface area contributed by atoms with Gasteiger partial charge >= 0.3 is 0 Å². The normalized spacial score (nSPS) is 17.6. The molecule has 3 N–H and O–H groups in total. The van der Waals surface area contributed by atoms with Crippen LogP contribution in [0.25, 0.3) is 11.3 Å². The van der Waals surface area contributed by atoms with Crippen LogP contribution in [0.1, 0.15) is 30.5 Å². The van der Waals surface area contributed by atoms with Crippen molar-refractivity contribution in [3.05, 3.63) is 89.5 Å². The summed E-state index contributed by atoms with van der Waals surface area (Å²) in [6.07, 6.45) is 0. The van der Waals surface area contributed by atoms with Crippen molar-refractivity contribution in [1.82, 2.24) is 9.80 Å². The summed E-state index contributed by atoms with van der Waals surface area (Å²) in [6, 6.07) is 23.1. The molecule has 1 amide bonds. The Bertz CT molecular complexity index is 1480. The largest absolute Gasteiger partial charge is 0.354 e. The standard InChI is InChI=1S/C30H35N5O3S/c1-21(2)39(37,38)33-25-13-14-27-26(19-25)28(30(36)32-27)29(23-7-5-4-6-8-23)31-24-11-9-22(10-12-24)20-35-17-15-34(3)16-18-35/h4-14,19,21,31,33H,15-18,20H2,1-3H3,(H,32,36). The van der Waals surface area contributed by atoms with Gasteiger partial charge in [-0.15, -0.1) is 0 Å². The Morgan fingerprint density at radius 3 is 2.26 bits per heavy atom. The molecule has 204 valence electrons. The van der Waals surface area contributed by atoms with E-state index in [9.17, 15) is 13.2 Å². The maximum Gasteiger partial charge on any atom is 0.258 e. The second kappa shape index (κ2) is 11.2. The van der Waals surface area contributed by atoms with E-state index in [-0.39, 0.29) is 5.91 Å². The van der Waals surface area contributed by atoms with Gasteiger partial charge in [0.2, 0.25) is 10.0 Å². The van der Waals surface area contributed by atoms with E-state index in [1.54, 1.807) is 32.0 Å². The summed E-state index contributed by atoms with van der Waals surface area (Å²) >= 11 is 0. The van der Waals surface area contributed by atoms with Crippen LogP contribution in [0, 0.1) is 0 Å². The first kappa shape index (κ1) is 26.9. The average molecular weight is 546 g/mol. The maximum atomic E-state index is 13.3. The fourth-order valence-corrected chi connectivity index (χ4v) is 5.44. The van der Waals surface area contributed by atoms with Gasteiger partial charge in [-0.3, -0.25) is 14.4 Å². The summed E-state index contributed by atoms with van der Waals surface area (Å²) in [6.45, 7) is 8.44. The second-order valence-electron chi connectivity index (χ2n) is 10.4. The summed E-state index contributed by atoms with van der Waals surface area (Å²) < 4.78 is 27.6. The molecule has 2 aliphatic heterocycles. The third-order valence-electron chi connectivity index (χ3n) is 7.18. The van der Waals surface area contributed by atoms with Gasteiger partial charge in [0.05, 0.1) is 16.5 Å². The van der Waals surface area contributed by atoms with Crippen molar-refractivity contribution < 1.29 is 13.2 Å². The molecular formula is C30H35N5O3S. The third-order valence-corrected chi connectivity index (χ3v) is 8.94. The minimum Gasteiger partial charge on any atom is -0.354 e. The first-order chi connectivity index (χ1) is 18.7. The molecule has 2 heterocycles. The fourth-order valence-electron chi connectivity index (χ4n) is 4.75. The van der Waals surface area contributed by atoms with Crippen molar-refractivity contribution in [2.24, 2.45) is 0 Å². The predicted molar refractivity (Wildman–Crippen MR) is 159 cm³/mol.